The number of rotatable bonds is 4. The molecule has 1 atom stereocenters. The van der Waals surface area contributed by atoms with Crippen molar-refractivity contribution < 1.29 is 4.79 Å². The summed E-state index contributed by atoms with van der Waals surface area (Å²) < 4.78 is 1.50. The normalized spacial score (nSPS) is 12.7. The highest BCUT2D eigenvalue weighted by Crippen LogP contribution is 2.11. The van der Waals surface area contributed by atoms with Gasteiger partial charge in [0, 0.05) is 6.54 Å². The van der Waals surface area contributed by atoms with Crippen molar-refractivity contribution in [3.05, 3.63) is 32.3 Å². The van der Waals surface area contributed by atoms with Gasteiger partial charge in [0.1, 0.15) is 4.70 Å². The van der Waals surface area contributed by atoms with Crippen LogP contribution in [-0.2, 0) is 11.3 Å². The Labute approximate surface area is 105 Å². The van der Waals surface area contributed by atoms with Gasteiger partial charge >= 0.3 is 5.69 Å². The zero-order valence-electron chi connectivity index (χ0n) is 9.38. The number of fused-ring (bicyclic) bond motifs is 1. The fraction of sp³-hybridized carbons (Fsp3) is 0.300. The molecule has 0 saturated heterocycles. The van der Waals surface area contributed by atoms with Gasteiger partial charge in [0.15, 0.2) is 0 Å². The number of carbonyl (C=O) groups is 1. The highest BCUT2D eigenvalue weighted by molar-refractivity contribution is 7.17. The Kier molecular flexibility index (Phi) is 3.30. The SMILES string of the molecule is NC(=O)[C@H](N)CCn1c(=O)[nH]c2ccsc2c1=O. The van der Waals surface area contributed by atoms with Gasteiger partial charge in [-0.05, 0) is 17.9 Å². The average molecular weight is 268 g/mol. The first kappa shape index (κ1) is 12.5. The number of H-pyrrole nitrogens is 1. The number of hydrogen-bond acceptors (Lipinski definition) is 5. The lowest BCUT2D eigenvalue weighted by Gasteiger charge is -2.08. The van der Waals surface area contributed by atoms with Crippen molar-refractivity contribution in [1.29, 1.82) is 0 Å². The van der Waals surface area contributed by atoms with E-state index in [1.807, 2.05) is 0 Å². The van der Waals surface area contributed by atoms with Crippen LogP contribution in [0.3, 0.4) is 0 Å². The molecule has 0 spiro atoms. The average Bonchev–Trinajstić information content (AvgIpc) is 2.76. The number of primary amides is 1. The van der Waals surface area contributed by atoms with Gasteiger partial charge in [-0.25, -0.2) is 4.79 Å². The molecule has 0 bridgehead atoms. The van der Waals surface area contributed by atoms with Crippen molar-refractivity contribution >= 4 is 27.5 Å². The molecule has 1 amide bonds. The molecule has 0 aromatic carbocycles. The smallest absolute Gasteiger partial charge is 0.328 e. The summed E-state index contributed by atoms with van der Waals surface area (Å²) in [5.74, 6) is -0.656. The van der Waals surface area contributed by atoms with Crippen LogP contribution in [0.2, 0.25) is 0 Å². The summed E-state index contributed by atoms with van der Waals surface area (Å²) in [6.07, 6.45) is 0.148. The summed E-state index contributed by atoms with van der Waals surface area (Å²) in [5.41, 5.74) is 10.1. The zero-order valence-corrected chi connectivity index (χ0v) is 10.2. The molecule has 0 aliphatic carbocycles. The molecule has 18 heavy (non-hydrogen) atoms. The maximum atomic E-state index is 12.0. The molecule has 0 radical (unpaired) electrons. The number of nitrogens with two attached hydrogens (primary N) is 2. The maximum absolute atomic E-state index is 12.0. The summed E-state index contributed by atoms with van der Waals surface area (Å²) in [6, 6.07) is 0.804. The van der Waals surface area contributed by atoms with E-state index >= 15 is 0 Å². The Bertz CT molecular complexity index is 699. The van der Waals surface area contributed by atoms with E-state index < -0.39 is 17.6 Å². The van der Waals surface area contributed by atoms with E-state index in [0.717, 1.165) is 4.57 Å². The minimum Gasteiger partial charge on any atom is -0.368 e. The van der Waals surface area contributed by atoms with Crippen LogP contribution < -0.4 is 22.7 Å². The number of nitrogens with one attached hydrogen (secondary N) is 1. The zero-order chi connectivity index (χ0) is 13.3. The first-order valence-electron chi connectivity index (χ1n) is 5.26. The van der Waals surface area contributed by atoms with Crippen LogP contribution in [0.1, 0.15) is 6.42 Å². The van der Waals surface area contributed by atoms with E-state index in [9.17, 15) is 14.4 Å². The summed E-state index contributed by atoms with van der Waals surface area (Å²) in [4.78, 5) is 37.1. The van der Waals surface area contributed by atoms with E-state index in [2.05, 4.69) is 4.98 Å². The highest BCUT2D eigenvalue weighted by atomic mass is 32.1. The number of amides is 1. The number of aromatic nitrogens is 2. The summed E-state index contributed by atoms with van der Waals surface area (Å²) in [6.45, 7) is 0.0616. The predicted molar refractivity (Wildman–Crippen MR) is 68.5 cm³/mol. The van der Waals surface area contributed by atoms with Crippen molar-refractivity contribution in [2.45, 2.75) is 19.0 Å². The summed E-state index contributed by atoms with van der Waals surface area (Å²) in [7, 11) is 0. The monoisotopic (exact) mass is 268 g/mol. The largest absolute Gasteiger partial charge is 0.368 e. The van der Waals surface area contributed by atoms with Gasteiger partial charge in [-0.1, -0.05) is 0 Å². The molecule has 7 nitrogen and oxygen atoms in total. The van der Waals surface area contributed by atoms with E-state index in [0.29, 0.717) is 10.2 Å². The van der Waals surface area contributed by atoms with Crippen molar-refractivity contribution in [3.63, 3.8) is 0 Å². The molecule has 0 fully saturated rings. The van der Waals surface area contributed by atoms with E-state index in [1.165, 1.54) is 11.3 Å². The van der Waals surface area contributed by atoms with Crippen LogP contribution in [0.25, 0.3) is 10.2 Å². The third-order valence-corrected chi connectivity index (χ3v) is 3.52. The second-order valence-electron chi connectivity index (χ2n) is 3.85. The Morgan fingerprint density at radius 3 is 2.89 bits per heavy atom. The van der Waals surface area contributed by atoms with Gasteiger partial charge in [0.25, 0.3) is 5.56 Å². The van der Waals surface area contributed by atoms with Crippen LogP contribution in [0.15, 0.2) is 21.0 Å². The van der Waals surface area contributed by atoms with Gasteiger partial charge in [0.2, 0.25) is 5.91 Å². The molecule has 2 heterocycles. The molecule has 0 aliphatic rings. The molecule has 2 rings (SSSR count). The number of thiophene rings is 1. The van der Waals surface area contributed by atoms with E-state index in [-0.39, 0.29) is 18.5 Å². The summed E-state index contributed by atoms with van der Waals surface area (Å²) >= 11 is 1.25. The van der Waals surface area contributed by atoms with Crippen LogP contribution in [0.4, 0.5) is 0 Å². The molecular formula is C10H12N4O3S. The first-order chi connectivity index (χ1) is 8.50. The van der Waals surface area contributed by atoms with Crippen molar-refractivity contribution in [1.82, 2.24) is 9.55 Å². The minimum absolute atomic E-state index is 0.0616. The lowest BCUT2D eigenvalue weighted by atomic mass is 10.2. The second-order valence-corrected chi connectivity index (χ2v) is 4.76. The molecule has 8 heteroatoms. The third kappa shape index (κ3) is 2.20. The number of nitrogens with zero attached hydrogens (tertiary/aromatic N) is 1. The van der Waals surface area contributed by atoms with Gasteiger partial charge in [0.05, 0.1) is 11.6 Å². The fourth-order valence-corrected chi connectivity index (χ4v) is 2.38. The van der Waals surface area contributed by atoms with Crippen LogP contribution in [-0.4, -0.2) is 21.5 Å². The topological polar surface area (TPSA) is 124 Å². The van der Waals surface area contributed by atoms with Crippen LogP contribution >= 0.6 is 11.3 Å². The van der Waals surface area contributed by atoms with Crippen LogP contribution in [0.5, 0.6) is 0 Å². The van der Waals surface area contributed by atoms with Gasteiger partial charge in [-0.3, -0.25) is 14.2 Å². The van der Waals surface area contributed by atoms with Gasteiger partial charge in [-0.15, -0.1) is 11.3 Å². The number of hydrogen-bond donors (Lipinski definition) is 3. The molecule has 2 aromatic rings. The second kappa shape index (κ2) is 4.75. The lowest BCUT2D eigenvalue weighted by Crippen LogP contribution is -2.40. The quantitative estimate of drug-likeness (QED) is 0.654. The minimum atomic E-state index is -0.865. The Morgan fingerprint density at radius 1 is 1.50 bits per heavy atom. The Balaban J connectivity index is 2.36. The molecule has 0 unspecified atom stereocenters. The molecular weight excluding hydrogens is 256 g/mol. The first-order valence-corrected chi connectivity index (χ1v) is 6.14. The van der Waals surface area contributed by atoms with Crippen molar-refractivity contribution in [3.8, 4) is 0 Å². The molecule has 0 aliphatic heterocycles. The molecule has 96 valence electrons. The summed E-state index contributed by atoms with van der Waals surface area (Å²) in [5, 5.41) is 1.72. The molecule has 5 N–H and O–H groups in total. The Hall–Kier alpha value is -1.93. The van der Waals surface area contributed by atoms with Crippen molar-refractivity contribution in [2.75, 3.05) is 0 Å². The van der Waals surface area contributed by atoms with Crippen LogP contribution in [0, 0.1) is 0 Å². The van der Waals surface area contributed by atoms with Crippen molar-refractivity contribution in [2.24, 2.45) is 11.5 Å². The fourth-order valence-electron chi connectivity index (χ4n) is 1.58. The van der Waals surface area contributed by atoms with E-state index in [1.54, 1.807) is 11.4 Å². The predicted octanol–water partition coefficient (Wildman–Crippen LogP) is -1.05. The maximum Gasteiger partial charge on any atom is 0.328 e. The van der Waals surface area contributed by atoms with Gasteiger partial charge in [-0.2, -0.15) is 0 Å². The third-order valence-electron chi connectivity index (χ3n) is 2.62. The Morgan fingerprint density at radius 2 is 2.22 bits per heavy atom. The standard InChI is InChI=1S/C10H12N4O3S/c11-5(8(12)15)1-3-14-9(16)7-6(2-4-18-7)13-10(14)17/h2,4-5H,1,3,11H2,(H2,12,15)(H,13,17)/t5-/m1/s1. The van der Waals surface area contributed by atoms with Gasteiger partial charge < -0.3 is 16.5 Å². The number of aromatic amines is 1. The molecule has 0 saturated carbocycles. The van der Waals surface area contributed by atoms with E-state index in [4.69, 9.17) is 11.5 Å². The lowest BCUT2D eigenvalue weighted by molar-refractivity contribution is -0.119. The molecule has 2 aromatic heterocycles. The highest BCUT2D eigenvalue weighted by Gasteiger charge is 2.12. The number of carbonyl (C=O) groups excluding carboxylic acids is 1.